The zero-order valence-electron chi connectivity index (χ0n) is 25.0. The van der Waals surface area contributed by atoms with Gasteiger partial charge in [-0.25, -0.2) is 12.8 Å². The summed E-state index contributed by atoms with van der Waals surface area (Å²) in [5.74, 6) is -3.04. The summed E-state index contributed by atoms with van der Waals surface area (Å²) >= 11 is 0. The monoisotopic (exact) mass is 695 g/mol. The van der Waals surface area contributed by atoms with Gasteiger partial charge in [-0.05, 0) is 75.8 Å². The van der Waals surface area contributed by atoms with Gasteiger partial charge in [0.2, 0.25) is 5.91 Å². The van der Waals surface area contributed by atoms with E-state index in [1.165, 1.54) is 29.2 Å². The Morgan fingerprint density at radius 1 is 0.957 bits per heavy atom. The number of alkyl halides is 7. The van der Waals surface area contributed by atoms with Crippen LogP contribution in [0.15, 0.2) is 47.4 Å². The van der Waals surface area contributed by atoms with E-state index in [-0.39, 0.29) is 74.3 Å². The highest BCUT2D eigenvalue weighted by Gasteiger charge is 2.74. The Hall–Kier alpha value is -3.56. The number of rotatable bonds is 7. The first-order valence-electron chi connectivity index (χ1n) is 15.0. The van der Waals surface area contributed by atoms with Crippen LogP contribution in [0.25, 0.3) is 0 Å². The molecule has 3 aliphatic rings. The minimum atomic E-state index is -6.41. The molecule has 0 radical (unpaired) electrons. The van der Waals surface area contributed by atoms with E-state index >= 15 is 4.39 Å². The van der Waals surface area contributed by atoms with Gasteiger partial charge in [0, 0.05) is 23.6 Å². The number of halogens is 7. The maximum atomic E-state index is 15.1. The molecule has 5 rings (SSSR count). The molecule has 258 valence electrons. The topological polar surface area (TPSA) is 110 Å². The van der Waals surface area contributed by atoms with Gasteiger partial charge in [0.1, 0.15) is 22.9 Å². The molecule has 0 bridgehead atoms. The molecule has 16 heteroatoms. The Morgan fingerprint density at radius 2 is 1.55 bits per heavy atom. The summed E-state index contributed by atoms with van der Waals surface area (Å²) in [6, 6.07) is 5.22. The van der Waals surface area contributed by atoms with E-state index in [0.29, 0.717) is 11.8 Å². The Morgan fingerprint density at radius 3 is 2.11 bits per heavy atom. The number of hydrogen-bond acceptors (Lipinski definition) is 6. The fourth-order valence-corrected chi connectivity index (χ4v) is 9.46. The molecule has 1 amide bonds. The van der Waals surface area contributed by atoms with Crippen LogP contribution in [-0.4, -0.2) is 68.5 Å². The molecule has 2 heterocycles. The van der Waals surface area contributed by atoms with Crippen LogP contribution in [0, 0.1) is 11.8 Å². The lowest BCUT2D eigenvalue weighted by Crippen LogP contribution is -2.64. The minimum Gasteiger partial charge on any atom is -0.494 e. The van der Waals surface area contributed by atoms with Crippen molar-refractivity contribution in [2.75, 3.05) is 19.8 Å². The summed E-state index contributed by atoms with van der Waals surface area (Å²) in [6.07, 6.45) is -12.0. The van der Waals surface area contributed by atoms with Crippen molar-refractivity contribution in [1.29, 1.82) is 0 Å². The maximum absolute atomic E-state index is 15.1. The predicted octanol–water partition coefficient (Wildman–Crippen LogP) is 6.32. The number of amides is 1. The van der Waals surface area contributed by atoms with Crippen LogP contribution < -0.4 is 9.47 Å². The van der Waals surface area contributed by atoms with Crippen LogP contribution in [0.3, 0.4) is 0 Å². The van der Waals surface area contributed by atoms with Crippen molar-refractivity contribution >= 4 is 21.7 Å². The Bertz CT molecular complexity index is 1610. The number of piperidine rings is 1. The van der Waals surface area contributed by atoms with Gasteiger partial charge in [-0.15, -0.1) is 0 Å². The molecule has 2 aromatic carbocycles. The Balaban J connectivity index is 1.64. The van der Waals surface area contributed by atoms with Crippen LogP contribution in [0.4, 0.5) is 30.7 Å². The van der Waals surface area contributed by atoms with Gasteiger partial charge in [-0.3, -0.25) is 9.59 Å². The molecular weight excluding hydrogens is 663 g/mol. The Labute approximate surface area is 265 Å². The minimum absolute atomic E-state index is 0.0788. The van der Waals surface area contributed by atoms with Crippen LogP contribution in [0.2, 0.25) is 0 Å². The van der Waals surface area contributed by atoms with Crippen LogP contribution in [0.1, 0.15) is 56.6 Å². The molecule has 2 unspecified atom stereocenters. The SMILES string of the molecule is CCOc1ccc(S(=O)(=O)C23CCCN(C(=O)C4CCC(C(=O)O)CC4)C2COc2cc(C(F)(C(F)(F)F)C(F)(F)F)ccc23)cc1. The molecule has 1 saturated carbocycles. The van der Waals surface area contributed by atoms with Crippen molar-refractivity contribution < 1.29 is 63.3 Å². The third-order valence-corrected chi connectivity index (χ3v) is 12.1. The third-order valence-electron chi connectivity index (χ3n) is 9.51. The molecule has 1 N–H and O–H groups in total. The summed E-state index contributed by atoms with van der Waals surface area (Å²) < 4.78 is 135. The largest absolute Gasteiger partial charge is 0.494 e. The number of carbonyl (C=O) groups is 2. The van der Waals surface area contributed by atoms with E-state index in [2.05, 4.69) is 0 Å². The van der Waals surface area contributed by atoms with Gasteiger partial charge in [0.25, 0.3) is 0 Å². The first-order chi connectivity index (χ1) is 21.9. The first-order valence-corrected chi connectivity index (χ1v) is 16.5. The predicted molar refractivity (Wildman–Crippen MR) is 151 cm³/mol. The van der Waals surface area contributed by atoms with E-state index in [4.69, 9.17) is 9.47 Å². The van der Waals surface area contributed by atoms with Gasteiger partial charge < -0.3 is 19.5 Å². The molecule has 2 atom stereocenters. The molecule has 2 aliphatic heterocycles. The fourth-order valence-electron chi connectivity index (χ4n) is 7.12. The zero-order chi connectivity index (χ0) is 34.6. The molecule has 1 saturated heterocycles. The number of likely N-dealkylation sites (tertiary alicyclic amines) is 1. The number of fused-ring (bicyclic) bond motifs is 3. The van der Waals surface area contributed by atoms with Crippen molar-refractivity contribution in [3.8, 4) is 11.5 Å². The number of benzene rings is 2. The summed E-state index contributed by atoms with van der Waals surface area (Å²) in [7, 11) is -4.60. The Kier molecular flexibility index (Phi) is 8.99. The highest BCUT2D eigenvalue weighted by Crippen LogP contribution is 2.57. The number of carbonyl (C=O) groups excluding carboxylic acids is 1. The van der Waals surface area contributed by atoms with E-state index in [0.717, 1.165) is 0 Å². The molecule has 8 nitrogen and oxygen atoms in total. The van der Waals surface area contributed by atoms with Crippen LogP contribution in [0.5, 0.6) is 11.5 Å². The summed E-state index contributed by atoms with van der Waals surface area (Å²) in [4.78, 5) is 26.5. The molecule has 0 spiro atoms. The number of sulfone groups is 1. The second-order valence-corrected chi connectivity index (χ2v) is 14.2. The molecule has 1 aliphatic carbocycles. The smallest absolute Gasteiger partial charge is 0.435 e. The normalized spacial score (nSPS) is 25.3. The second kappa shape index (κ2) is 12.2. The van der Waals surface area contributed by atoms with Crippen molar-refractivity contribution in [1.82, 2.24) is 4.90 Å². The highest BCUT2D eigenvalue weighted by atomic mass is 32.2. The van der Waals surface area contributed by atoms with Crippen LogP contribution in [-0.2, 0) is 29.8 Å². The number of carboxylic acids is 1. The fraction of sp³-hybridized carbons (Fsp3) is 0.548. The quantitative estimate of drug-likeness (QED) is 0.338. The number of hydrogen-bond donors (Lipinski definition) is 1. The van der Waals surface area contributed by atoms with Gasteiger partial charge in [-0.2, -0.15) is 26.3 Å². The van der Waals surface area contributed by atoms with Gasteiger partial charge in [0.15, 0.2) is 9.84 Å². The molecular formula is C31H32F7NO7S. The van der Waals surface area contributed by atoms with Crippen molar-refractivity contribution in [2.24, 2.45) is 11.8 Å². The van der Waals surface area contributed by atoms with E-state index in [9.17, 15) is 49.5 Å². The maximum Gasteiger partial charge on any atom is 0.435 e. The van der Waals surface area contributed by atoms with Crippen molar-refractivity contribution in [3.05, 3.63) is 53.6 Å². The number of ether oxygens (including phenoxy) is 2. The van der Waals surface area contributed by atoms with E-state index in [1.54, 1.807) is 6.92 Å². The van der Waals surface area contributed by atoms with Gasteiger partial charge in [0.05, 0.1) is 23.5 Å². The van der Waals surface area contributed by atoms with E-state index in [1.807, 2.05) is 0 Å². The summed E-state index contributed by atoms with van der Waals surface area (Å²) in [6.45, 7) is 1.45. The van der Waals surface area contributed by atoms with Crippen molar-refractivity contribution in [3.63, 3.8) is 0 Å². The average molecular weight is 696 g/mol. The zero-order valence-corrected chi connectivity index (χ0v) is 25.9. The van der Waals surface area contributed by atoms with Gasteiger partial charge in [-0.1, -0.05) is 12.1 Å². The lowest BCUT2D eigenvalue weighted by atomic mass is 9.77. The molecule has 2 fully saturated rings. The highest BCUT2D eigenvalue weighted by molar-refractivity contribution is 7.92. The van der Waals surface area contributed by atoms with Gasteiger partial charge >= 0.3 is 24.0 Å². The second-order valence-electron chi connectivity index (χ2n) is 12.0. The summed E-state index contributed by atoms with van der Waals surface area (Å²) in [5, 5.41) is 9.36. The lowest BCUT2D eigenvalue weighted by Gasteiger charge is -2.52. The lowest BCUT2D eigenvalue weighted by molar-refractivity contribution is -0.348. The van der Waals surface area contributed by atoms with Crippen molar-refractivity contribution in [2.45, 2.75) is 79.2 Å². The molecule has 2 aromatic rings. The number of aliphatic carboxylic acids is 1. The molecule has 0 aromatic heterocycles. The number of carboxylic acid groups (broad SMARTS) is 1. The first kappa shape index (κ1) is 34.8. The molecule has 47 heavy (non-hydrogen) atoms. The summed E-state index contributed by atoms with van der Waals surface area (Å²) in [5.41, 5.74) is -7.91. The number of nitrogens with zero attached hydrogens (tertiary/aromatic N) is 1. The van der Waals surface area contributed by atoms with E-state index < -0.39 is 80.3 Å². The third kappa shape index (κ3) is 5.59. The van der Waals surface area contributed by atoms with Crippen LogP contribution >= 0.6 is 0 Å². The standard InChI is InChI=1S/C31H32F7NO7S/c1-2-45-21-9-11-22(12-10-21)47(43,44)28-14-3-15-39(26(40)18-4-6-19(7-5-18)27(41)42)25(28)17-46-24-16-20(8-13-23(24)28)29(32,30(33,34)35)31(36,37)38/h8-13,16,18-19,25H,2-7,14-15,17H2,1H3,(H,41,42). The average Bonchev–Trinajstić information content (AvgIpc) is 3.02.